The van der Waals surface area contributed by atoms with Crippen LogP contribution in [0.4, 0.5) is 0 Å². The number of aliphatic imine (C=N–C) groups is 1. The lowest BCUT2D eigenvalue weighted by Crippen LogP contribution is -2.37. The molecule has 1 unspecified atom stereocenters. The van der Waals surface area contributed by atoms with Crippen molar-refractivity contribution in [2.75, 3.05) is 6.54 Å². The Morgan fingerprint density at radius 2 is 2.22 bits per heavy atom. The summed E-state index contributed by atoms with van der Waals surface area (Å²) in [7, 11) is 0. The van der Waals surface area contributed by atoms with Crippen LogP contribution in [0.2, 0.25) is 0 Å². The smallest absolute Gasteiger partial charge is 0.251 e. The molecule has 0 bridgehead atoms. The lowest BCUT2D eigenvalue weighted by molar-refractivity contribution is 0.0939. The second-order valence-electron chi connectivity index (χ2n) is 6.36. The first-order chi connectivity index (χ1) is 11.1. The molecule has 1 aromatic carbocycles. The fourth-order valence-electron chi connectivity index (χ4n) is 2.40. The average molecular weight is 316 g/mol. The van der Waals surface area contributed by atoms with Crippen molar-refractivity contribution in [2.24, 2.45) is 16.6 Å². The van der Waals surface area contributed by atoms with Crippen LogP contribution in [0, 0.1) is 5.92 Å². The Bertz CT molecular complexity index is 552. The molecule has 1 saturated carbocycles. The van der Waals surface area contributed by atoms with Crippen molar-refractivity contribution in [3.8, 4) is 0 Å². The van der Waals surface area contributed by atoms with E-state index in [4.69, 9.17) is 5.73 Å². The maximum atomic E-state index is 12.1. The van der Waals surface area contributed by atoms with Gasteiger partial charge in [-0.15, -0.1) is 0 Å². The van der Waals surface area contributed by atoms with Gasteiger partial charge in [-0.3, -0.25) is 4.79 Å². The largest absolute Gasteiger partial charge is 0.370 e. The van der Waals surface area contributed by atoms with Crippen LogP contribution in [0.5, 0.6) is 0 Å². The van der Waals surface area contributed by atoms with Crippen molar-refractivity contribution in [2.45, 2.75) is 52.1 Å². The minimum atomic E-state index is -0.0405. The van der Waals surface area contributed by atoms with Crippen molar-refractivity contribution in [1.29, 1.82) is 0 Å². The van der Waals surface area contributed by atoms with Crippen molar-refractivity contribution in [1.82, 2.24) is 10.6 Å². The minimum absolute atomic E-state index is 0.0405. The summed E-state index contributed by atoms with van der Waals surface area (Å²) in [6, 6.07) is 7.72. The van der Waals surface area contributed by atoms with E-state index in [-0.39, 0.29) is 11.9 Å². The lowest BCUT2D eigenvalue weighted by Gasteiger charge is -2.25. The van der Waals surface area contributed by atoms with E-state index < -0.39 is 0 Å². The molecule has 1 aromatic rings. The number of rotatable bonds is 7. The summed E-state index contributed by atoms with van der Waals surface area (Å²) >= 11 is 0. The summed E-state index contributed by atoms with van der Waals surface area (Å²) in [5, 5.41) is 6.15. The summed E-state index contributed by atoms with van der Waals surface area (Å²) < 4.78 is 0. The third-order valence-electron chi connectivity index (χ3n) is 4.41. The highest BCUT2D eigenvalue weighted by Gasteiger charge is 2.16. The average Bonchev–Trinajstić information content (AvgIpc) is 2.51. The van der Waals surface area contributed by atoms with Gasteiger partial charge in [-0.25, -0.2) is 4.99 Å². The fourth-order valence-corrected chi connectivity index (χ4v) is 2.40. The zero-order chi connectivity index (χ0) is 16.7. The van der Waals surface area contributed by atoms with Gasteiger partial charge >= 0.3 is 0 Å². The third kappa shape index (κ3) is 5.58. The second-order valence-corrected chi connectivity index (χ2v) is 6.36. The number of hydrogen-bond donors (Lipinski definition) is 3. The van der Waals surface area contributed by atoms with E-state index in [2.05, 4.69) is 22.5 Å². The monoisotopic (exact) mass is 316 g/mol. The highest BCUT2D eigenvalue weighted by molar-refractivity contribution is 5.94. The number of nitrogens with two attached hydrogens (primary N) is 1. The van der Waals surface area contributed by atoms with E-state index in [0.717, 1.165) is 24.4 Å². The van der Waals surface area contributed by atoms with Gasteiger partial charge in [0.25, 0.3) is 5.91 Å². The molecule has 0 aromatic heterocycles. The van der Waals surface area contributed by atoms with Gasteiger partial charge in [0.05, 0.1) is 6.54 Å². The second kappa shape index (κ2) is 8.56. The highest BCUT2D eigenvalue weighted by Crippen LogP contribution is 2.24. The maximum Gasteiger partial charge on any atom is 0.251 e. The van der Waals surface area contributed by atoms with E-state index in [1.807, 2.05) is 31.2 Å². The molecule has 0 spiro atoms. The van der Waals surface area contributed by atoms with E-state index in [1.165, 1.54) is 19.3 Å². The van der Waals surface area contributed by atoms with Crippen LogP contribution >= 0.6 is 0 Å². The number of guanidine groups is 1. The first-order valence-corrected chi connectivity index (χ1v) is 8.52. The van der Waals surface area contributed by atoms with Gasteiger partial charge in [-0.05, 0) is 49.8 Å². The molecule has 1 aliphatic carbocycles. The van der Waals surface area contributed by atoms with E-state index in [0.29, 0.717) is 18.1 Å². The number of nitrogens with zero attached hydrogens (tertiary/aromatic N) is 1. The Hall–Kier alpha value is -2.04. The summed E-state index contributed by atoms with van der Waals surface area (Å²) in [5.74, 6) is 1.18. The Morgan fingerprint density at radius 3 is 2.87 bits per heavy atom. The molecule has 0 aliphatic heterocycles. The Balaban J connectivity index is 1.87. The molecule has 1 aliphatic rings. The van der Waals surface area contributed by atoms with E-state index in [9.17, 15) is 4.79 Å². The quantitative estimate of drug-likeness (QED) is 0.534. The molecule has 1 atom stereocenters. The number of benzene rings is 1. The van der Waals surface area contributed by atoms with Crippen LogP contribution in [0.15, 0.2) is 29.3 Å². The van der Waals surface area contributed by atoms with Crippen molar-refractivity contribution >= 4 is 11.9 Å². The topological polar surface area (TPSA) is 79.5 Å². The molecule has 0 radical (unpaired) electrons. The number of nitrogens with one attached hydrogen (secondary N) is 2. The Morgan fingerprint density at radius 1 is 1.43 bits per heavy atom. The summed E-state index contributed by atoms with van der Waals surface area (Å²) in [6.07, 6.45) is 4.81. The third-order valence-corrected chi connectivity index (χ3v) is 4.41. The van der Waals surface area contributed by atoms with Crippen LogP contribution in [-0.2, 0) is 6.54 Å². The molecule has 126 valence electrons. The predicted molar refractivity (Wildman–Crippen MR) is 94.3 cm³/mol. The first-order valence-electron chi connectivity index (χ1n) is 8.52. The van der Waals surface area contributed by atoms with Crippen LogP contribution in [0.1, 0.15) is 55.5 Å². The molecule has 5 heteroatoms. The minimum Gasteiger partial charge on any atom is -0.370 e. The normalized spacial score (nSPS) is 16.5. The summed E-state index contributed by atoms with van der Waals surface area (Å²) in [5.41, 5.74) is 7.54. The SMILES string of the molecule is CCC(C)NC(=O)c1cccc(CN=C(N)NCC2CCC2)c1. The molecular weight excluding hydrogens is 288 g/mol. The van der Waals surface area contributed by atoms with Gasteiger partial charge in [0.15, 0.2) is 5.96 Å². The fraction of sp³-hybridized carbons (Fsp3) is 0.556. The number of hydrogen-bond acceptors (Lipinski definition) is 2. The standard InChI is InChI=1S/C18H28N4O/c1-3-13(2)22-17(23)16-9-5-8-15(10-16)12-21-18(19)20-11-14-6-4-7-14/h5,8-10,13-14H,3-4,6-7,11-12H2,1-2H3,(H,22,23)(H3,19,20,21). The van der Waals surface area contributed by atoms with Crippen LogP contribution in [0.3, 0.4) is 0 Å². The van der Waals surface area contributed by atoms with Gasteiger partial charge in [0.2, 0.25) is 0 Å². The molecular formula is C18H28N4O. The van der Waals surface area contributed by atoms with Crippen molar-refractivity contribution in [3.63, 3.8) is 0 Å². The summed E-state index contributed by atoms with van der Waals surface area (Å²) in [4.78, 5) is 16.5. The molecule has 2 rings (SSSR count). The molecule has 5 nitrogen and oxygen atoms in total. The molecule has 0 heterocycles. The van der Waals surface area contributed by atoms with Gasteiger partial charge < -0.3 is 16.4 Å². The molecule has 4 N–H and O–H groups in total. The van der Waals surface area contributed by atoms with Gasteiger partial charge in [-0.1, -0.05) is 25.5 Å². The first kappa shape index (κ1) is 17.3. The van der Waals surface area contributed by atoms with Crippen LogP contribution < -0.4 is 16.4 Å². The summed E-state index contributed by atoms with van der Waals surface area (Å²) in [6.45, 7) is 5.44. The highest BCUT2D eigenvalue weighted by atomic mass is 16.1. The van der Waals surface area contributed by atoms with E-state index >= 15 is 0 Å². The number of carbonyl (C=O) groups excluding carboxylic acids is 1. The Labute approximate surface area is 138 Å². The molecule has 0 saturated heterocycles. The predicted octanol–water partition coefficient (Wildman–Crippen LogP) is 2.42. The zero-order valence-corrected chi connectivity index (χ0v) is 14.1. The van der Waals surface area contributed by atoms with Gasteiger partial charge in [0.1, 0.15) is 0 Å². The number of amides is 1. The zero-order valence-electron chi connectivity index (χ0n) is 14.1. The van der Waals surface area contributed by atoms with E-state index in [1.54, 1.807) is 0 Å². The van der Waals surface area contributed by atoms with Crippen LogP contribution in [0.25, 0.3) is 0 Å². The lowest BCUT2D eigenvalue weighted by atomic mass is 9.85. The van der Waals surface area contributed by atoms with Crippen molar-refractivity contribution < 1.29 is 4.79 Å². The maximum absolute atomic E-state index is 12.1. The van der Waals surface area contributed by atoms with Gasteiger partial charge in [0, 0.05) is 18.2 Å². The number of carbonyl (C=O) groups is 1. The molecule has 23 heavy (non-hydrogen) atoms. The molecule has 1 amide bonds. The van der Waals surface area contributed by atoms with Crippen molar-refractivity contribution in [3.05, 3.63) is 35.4 Å². The molecule has 1 fully saturated rings. The van der Waals surface area contributed by atoms with Crippen LogP contribution in [-0.4, -0.2) is 24.5 Å². The van der Waals surface area contributed by atoms with Gasteiger partial charge in [-0.2, -0.15) is 0 Å². The Kier molecular flexibility index (Phi) is 6.44.